The summed E-state index contributed by atoms with van der Waals surface area (Å²) in [5.74, 6) is 0. The van der Waals surface area contributed by atoms with Crippen molar-refractivity contribution in [1.82, 2.24) is 14.7 Å². The van der Waals surface area contributed by atoms with Crippen LogP contribution in [0.1, 0.15) is 39.5 Å². The number of aromatic nitrogens is 2. The lowest BCUT2D eigenvalue weighted by Crippen LogP contribution is -2.39. The van der Waals surface area contributed by atoms with Crippen LogP contribution in [-0.4, -0.2) is 24.4 Å². The summed E-state index contributed by atoms with van der Waals surface area (Å²) in [7, 11) is -3.55. The molecule has 1 heterocycles. The highest BCUT2D eigenvalue weighted by Crippen LogP contribution is 2.35. The van der Waals surface area contributed by atoms with Gasteiger partial charge in [-0.1, -0.05) is 13.8 Å². The van der Waals surface area contributed by atoms with Crippen molar-refractivity contribution in [3.8, 4) is 0 Å². The highest BCUT2D eigenvalue weighted by atomic mass is 35.5. The van der Waals surface area contributed by atoms with E-state index in [4.69, 9.17) is 11.6 Å². The Balaban J connectivity index is 2.04. The molecule has 0 aromatic carbocycles. The maximum atomic E-state index is 12.1. The third kappa shape index (κ3) is 3.87. The van der Waals surface area contributed by atoms with Crippen molar-refractivity contribution in [2.24, 2.45) is 5.41 Å². The van der Waals surface area contributed by atoms with E-state index in [-0.39, 0.29) is 16.2 Å². The van der Waals surface area contributed by atoms with Crippen molar-refractivity contribution in [2.75, 3.05) is 0 Å². The van der Waals surface area contributed by atoms with Crippen LogP contribution in [0.2, 0.25) is 5.28 Å². The summed E-state index contributed by atoms with van der Waals surface area (Å²) in [6.07, 6.45) is 6.23. The summed E-state index contributed by atoms with van der Waals surface area (Å²) in [5.41, 5.74) is 0.311. The predicted octanol–water partition coefficient (Wildman–Crippen LogP) is 2.38. The molecule has 1 saturated carbocycles. The van der Waals surface area contributed by atoms with Gasteiger partial charge in [-0.15, -0.1) is 0 Å². The molecule has 5 nitrogen and oxygen atoms in total. The van der Waals surface area contributed by atoms with Crippen molar-refractivity contribution >= 4 is 21.6 Å². The number of rotatable bonds is 3. The fourth-order valence-electron chi connectivity index (χ4n) is 2.24. The number of hydrogen-bond donors (Lipinski definition) is 1. The average molecular weight is 304 g/mol. The lowest BCUT2D eigenvalue weighted by Gasteiger charge is -2.34. The Bertz CT molecular complexity index is 533. The zero-order valence-electron chi connectivity index (χ0n) is 11.1. The van der Waals surface area contributed by atoms with Gasteiger partial charge in [0.15, 0.2) is 0 Å². The van der Waals surface area contributed by atoms with Crippen molar-refractivity contribution in [3.63, 3.8) is 0 Å². The maximum Gasteiger partial charge on any atom is 0.243 e. The van der Waals surface area contributed by atoms with Gasteiger partial charge >= 0.3 is 0 Å². The predicted molar refractivity (Wildman–Crippen MR) is 73.4 cm³/mol. The van der Waals surface area contributed by atoms with Gasteiger partial charge in [-0.2, -0.15) is 0 Å². The number of nitrogens with one attached hydrogen (secondary N) is 1. The highest BCUT2D eigenvalue weighted by molar-refractivity contribution is 7.89. The fraction of sp³-hybridized carbons (Fsp3) is 0.667. The molecule has 19 heavy (non-hydrogen) atoms. The molecule has 1 aliphatic carbocycles. The Labute approximate surface area is 118 Å². The third-order valence-electron chi connectivity index (χ3n) is 3.57. The van der Waals surface area contributed by atoms with Crippen LogP contribution in [0.4, 0.5) is 0 Å². The van der Waals surface area contributed by atoms with E-state index in [1.165, 1.54) is 12.4 Å². The lowest BCUT2D eigenvalue weighted by molar-refractivity contribution is 0.218. The minimum atomic E-state index is -3.55. The van der Waals surface area contributed by atoms with E-state index in [9.17, 15) is 8.42 Å². The van der Waals surface area contributed by atoms with Gasteiger partial charge in [0.05, 0.1) is 12.4 Å². The minimum absolute atomic E-state index is 0.00583. The van der Waals surface area contributed by atoms with Crippen molar-refractivity contribution in [1.29, 1.82) is 0 Å². The number of nitrogens with zero attached hydrogens (tertiary/aromatic N) is 2. The first-order chi connectivity index (χ1) is 8.78. The molecule has 0 spiro atoms. The van der Waals surface area contributed by atoms with Gasteiger partial charge in [0.2, 0.25) is 15.3 Å². The Kier molecular flexibility index (Phi) is 4.13. The summed E-state index contributed by atoms with van der Waals surface area (Å²) >= 11 is 5.55. The Hall–Kier alpha value is -0.720. The molecule has 2 rings (SSSR count). The quantitative estimate of drug-likeness (QED) is 0.870. The second-order valence-electron chi connectivity index (χ2n) is 5.75. The van der Waals surface area contributed by atoms with Crippen LogP contribution in [-0.2, 0) is 10.0 Å². The first-order valence-electron chi connectivity index (χ1n) is 6.28. The zero-order chi connectivity index (χ0) is 14.1. The van der Waals surface area contributed by atoms with Crippen molar-refractivity contribution < 1.29 is 8.42 Å². The van der Waals surface area contributed by atoms with Crippen LogP contribution in [0.15, 0.2) is 17.3 Å². The highest BCUT2D eigenvalue weighted by Gasteiger charge is 2.29. The van der Waals surface area contributed by atoms with Crippen LogP contribution in [0.3, 0.4) is 0 Å². The number of hydrogen-bond acceptors (Lipinski definition) is 4. The molecule has 0 bridgehead atoms. The van der Waals surface area contributed by atoms with Gasteiger partial charge in [-0.3, -0.25) is 0 Å². The van der Waals surface area contributed by atoms with Gasteiger partial charge in [0.25, 0.3) is 0 Å². The van der Waals surface area contributed by atoms with E-state index in [0.717, 1.165) is 25.7 Å². The first-order valence-corrected chi connectivity index (χ1v) is 8.14. The van der Waals surface area contributed by atoms with E-state index in [0.29, 0.717) is 5.41 Å². The van der Waals surface area contributed by atoms with Gasteiger partial charge in [0.1, 0.15) is 4.90 Å². The molecule has 1 aromatic heterocycles. The van der Waals surface area contributed by atoms with Gasteiger partial charge in [-0.25, -0.2) is 23.1 Å². The molecule has 7 heteroatoms. The Morgan fingerprint density at radius 2 is 1.79 bits per heavy atom. The summed E-state index contributed by atoms with van der Waals surface area (Å²) in [5, 5.41) is 0.0402. The molecule has 0 amide bonds. The van der Waals surface area contributed by atoms with Crippen molar-refractivity contribution in [2.45, 2.75) is 50.5 Å². The second kappa shape index (κ2) is 5.34. The van der Waals surface area contributed by atoms with Crippen LogP contribution < -0.4 is 4.72 Å². The van der Waals surface area contributed by atoms with Crippen LogP contribution in [0.25, 0.3) is 0 Å². The summed E-state index contributed by atoms with van der Waals surface area (Å²) in [6.45, 7) is 4.43. The number of halogens is 1. The van der Waals surface area contributed by atoms with Gasteiger partial charge in [-0.05, 0) is 42.7 Å². The van der Waals surface area contributed by atoms with Crippen molar-refractivity contribution in [3.05, 3.63) is 17.7 Å². The summed E-state index contributed by atoms with van der Waals surface area (Å²) in [4.78, 5) is 7.45. The minimum Gasteiger partial charge on any atom is -0.225 e. The molecule has 106 valence electrons. The number of sulfonamides is 1. The fourth-order valence-corrected chi connectivity index (χ4v) is 3.53. The van der Waals surface area contributed by atoms with Gasteiger partial charge in [0, 0.05) is 6.04 Å². The molecule has 1 fully saturated rings. The zero-order valence-corrected chi connectivity index (χ0v) is 12.6. The first kappa shape index (κ1) is 14.7. The Morgan fingerprint density at radius 1 is 1.26 bits per heavy atom. The molecule has 0 unspecified atom stereocenters. The molecule has 1 aromatic rings. The standard InChI is InChI=1S/C12H18ClN3O2S/c1-12(2)5-3-9(4-6-12)16-19(17,18)10-7-14-11(13)15-8-10/h7-9,16H,3-6H2,1-2H3. The lowest BCUT2D eigenvalue weighted by atomic mass is 9.76. The van der Waals surface area contributed by atoms with E-state index in [1.807, 2.05) is 0 Å². The van der Waals surface area contributed by atoms with E-state index >= 15 is 0 Å². The average Bonchev–Trinajstić information content (AvgIpc) is 2.32. The van der Waals surface area contributed by atoms with E-state index < -0.39 is 10.0 Å². The monoisotopic (exact) mass is 303 g/mol. The molecule has 1 aliphatic rings. The second-order valence-corrected chi connectivity index (χ2v) is 7.80. The van der Waals surface area contributed by atoms with E-state index in [2.05, 4.69) is 28.5 Å². The molecule has 1 N–H and O–H groups in total. The smallest absolute Gasteiger partial charge is 0.225 e. The molecular formula is C12H18ClN3O2S. The third-order valence-corrected chi connectivity index (χ3v) is 5.24. The summed E-state index contributed by atoms with van der Waals surface area (Å²) in [6, 6.07) is -0.00583. The topological polar surface area (TPSA) is 72.0 Å². The largest absolute Gasteiger partial charge is 0.243 e. The Morgan fingerprint density at radius 3 is 2.32 bits per heavy atom. The maximum absolute atomic E-state index is 12.1. The summed E-state index contributed by atoms with van der Waals surface area (Å²) < 4.78 is 27.0. The van der Waals surface area contributed by atoms with Crippen LogP contribution in [0.5, 0.6) is 0 Å². The van der Waals surface area contributed by atoms with Gasteiger partial charge < -0.3 is 0 Å². The molecule has 0 aliphatic heterocycles. The SMILES string of the molecule is CC1(C)CCC(NS(=O)(=O)c2cnc(Cl)nc2)CC1. The molecular weight excluding hydrogens is 286 g/mol. The van der Waals surface area contributed by atoms with Crippen LogP contribution >= 0.6 is 11.6 Å². The molecule has 0 atom stereocenters. The molecule has 0 radical (unpaired) electrons. The van der Waals surface area contributed by atoms with Crippen LogP contribution in [0, 0.1) is 5.41 Å². The normalized spacial score (nSPS) is 20.4. The van der Waals surface area contributed by atoms with E-state index in [1.54, 1.807) is 0 Å². The molecule has 0 saturated heterocycles.